The van der Waals surface area contributed by atoms with E-state index in [0.717, 1.165) is 36.1 Å². The monoisotopic (exact) mass is 526 g/mol. The molecule has 0 aliphatic carbocycles. The number of carbonyl (C=O) groups is 1. The summed E-state index contributed by atoms with van der Waals surface area (Å²) in [5.41, 5.74) is 8.54. The second kappa shape index (κ2) is 15.8. The van der Waals surface area contributed by atoms with Crippen molar-refractivity contribution in [1.82, 2.24) is 5.32 Å². The van der Waals surface area contributed by atoms with Crippen LogP contribution in [-0.4, -0.2) is 53.4 Å². The highest BCUT2D eigenvalue weighted by atomic mass is 35.5. The first-order valence-corrected chi connectivity index (χ1v) is 14.0. The number of aliphatic hydroxyl groups is 2. The number of halogens is 1. The van der Waals surface area contributed by atoms with Crippen LogP contribution in [0, 0.1) is 17.8 Å². The normalized spacial score (nSPS) is 16.3. The molecule has 0 aliphatic rings. The van der Waals surface area contributed by atoms with Crippen LogP contribution in [0.2, 0.25) is 0 Å². The Kier molecular flexibility index (Phi) is 14.4. The van der Waals surface area contributed by atoms with Gasteiger partial charge in [0.05, 0.1) is 12.0 Å². The molecule has 0 saturated heterocycles. The van der Waals surface area contributed by atoms with Gasteiger partial charge in [-0.2, -0.15) is 0 Å². The first-order valence-electron chi connectivity index (χ1n) is 13.5. The Morgan fingerprint density at radius 2 is 1.83 bits per heavy atom. The SMILES string of the molecule is CCCCNC(=O)[C@@H](C)C[C@H](O)[C@@H](N)C[C@H](Cc1ccc(C(C)(C)C)c(OC[C@@H](O)CCl)c1)C(C)C. The van der Waals surface area contributed by atoms with Crippen molar-refractivity contribution in [3.8, 4) is 5.75 Å². The van der Waals surface area contributed by atoms with E-state index in [1.807, 2.05) is 6.92 Å². The molecular formula is C29H51ClN2O4. The first kappa shape index (κ1) is 32.7. The van der Waals surface area contributed by atoms with Crippen LogP contribution in [0.25, 0.3) is 0 Å². The van der Waals surface area contributed by atoms with Gasteiger partial charge in [-0.05, 0) is 60.1 Å². The van der Waals surface area contributed by atoms with Crippen molar-refractivity contribution in [3.63, 3.8) is 0 Å². The Labute approximate surface area is 224 Å². The minimum atomic E-state index is -0.739. The second-order valence-electron chi connectivity index (χ2n) is 11.7. The summed E-state index contributed by atoms with van der Waals surface area (Å²) in [6, 6.07) is 5.88. The maximum Gasteiger partial charge on any atom is 0.222 e. The minimum Gasteiger partial charge on any atom is -0.491 e. The first-order chi connectivity index (χ1) is 16.8. The number of amides is 1. The predicted molar refractivity (Wildman–Crippen MR) is 150 cm³/mol. The standard InChI is InChI=1S/C29H51ClN2O4/c1-8-9-12-32-28(35)20(4)13-26(34)25(31)16-22(19(2)3)14-21-10-11-24(29(5,6)7)27(15-21)36-18-23(33)17-30/h10-11,15,19-20,22-23,25-26,33-34H,8-9,12-14,16-18,31H2,1-7H3,(H,32,35)/t20-,22-,23-,25-,26-/m0/s1. The average molecular weight is 527 g/mol. The summed E-state index contributed by atoms with van der Waals surface area (Å²) in [6.45, 7) is 15.5. The molecule has 0 spiro atoms. The predicted octanol–water partition coefficient (Wildman–Crippen LogP) is 4.80. The summed E-state index contributed by atoms with van der Waals surface area (Å²) < 4.78 is 5.98. The van der Waals surface area contributed by atoms with Gasteiger partial charge < -0.3 is 26.0 Å². The third-order valence-corrected chi connectivity index (χ3v) is 7.20. The Hall–Kier alpha value is -1.34. The fraction of sp³-hybridized carbons (Fsp3) is 0.759. The Balaban J connectivity index is 2.89. The van der Waals surface area contributed by atoms with Crippen molar-refractivity contribution in [2.24, 2.45) is 23.5 Å². The molecule has 6 nitrogen and oxygen atoms in total. The Morgan fingerprint density at radius 1 is 1.17 bits per heavy atom. The van der Waals surface area contributed by atoms with Crippen molar-refractivity contribution in [3.05, 3.63) is 29.3 Å². The van der Waals surface area contributed by atoms with E-state index >= 15 is 0 Å². The largest absolute Gasteiger partial charge is 0.491 e. The molecule has 0 aromatic heterocycles. The quantitative estimate of drug-likeness (QED) is 0.183. The summed E-state index contributed by atoms with van der Waals surface area (Å²) in [6.07, 6.45) is 2.33. The van der Waals surface area contributed by atoms with Gasteiger partial charge in [0.2, 0.25) is 5.91 Å². The number of rotatable bonds is 16. The van der Waals surface area contributed by atoms with E-state index in [2.05, 4.69) is 65.1 Å². The zero-order valence-corrected chi connectivity index (χ0v) is 24.3. The molecular weight excluding hydrogens is 476 g/mol. The highest BCUT2D eigenvalue weighted by Crippen LogP contribution is 2.34. The highest BCUT2D eigenvalue weighted by Gasteiger charge is 2.27. The van der Waals surface area contributed by atoms with Crippen LogP contribution in [0.5, 0.6) is 5.75 Å². The summed E-state index contributed by atoms with van der Waals surface area (Å²) in [5, 5.41) is 23.6. The second-order valence-corrected chi connectivity index (χ2v) is 12.0. The molecule has 0 bridgehead atoms. The van der Waals surface area contributed by atoms with Crippen LogP contribution < -0.4 is 15.8 Å². The number of nitrogens with one attached hydrogen (secondary N) is 1. The molecule has 5 N–H and O–H groups in total. The number of benzene rings is 1. The Bertz CT molecular complexity index is 781. The van der Waals surface area contributed by atoms with Gasteiger partial charge in [-0.1, -0.05) is 67.0 Å². The zero-order valence-electron chi connectivity index (χ0n) is 23.5. The van der Waals surface area contributed by atoms with Crippen LogP contribution in [-0.2, 0) is 16.6 Å². The third kappa shape index (κ3) is 11.4. The van der Waals surface area contributed by atoms with Gasteiger partial charge in [0.25, 0.3) is 0 Å². The maximum atomic E-state index is 12.3. The van der Waals surface area contributed by atoms with E-state index in [1.54, 1.807) is 0 Å². The lowest BCUT2D eigenvalue weighted by Gasteiger charge is -2.29. The number of aliphatic hydroxyl groups excluding tert-OH is 2. The van der Waals surface area contributed by atoms with Crippen LogP contribution in [0.15, 0.2) is 18.2 Å². The van der Waals surface area contributed by atoms with Gasteiger partial charge in [0.15, 0.2) is 0 Å². The van der Waals surface area contributed by atoms with Crippen LogP contribution in [0.1, 0.15) is 85.3 Å². The number of hydrogen-bond donors (Lipinski definition) is 4. The number of ether oxygens (including phenoxy) is 1. The molecule has 1 aromatic rings. The Morgan fingerprint density at radius 3 is 2.39 bits per heavy atom. The fourth-order valence-electron chi connectivity index (χ4n) is 4.27. The maximum absolute atomic E-state index is 12.3. The topological polar surface area (TPSA) is 105 Å². The molecule has 1 aromatic carbocycles. The van der Waals surface area contributed by atoms with E-state index in [0.29, 0.717) is 25.3 Å². The lowest BCUT2D eigenvalue weighted by Crippen LogP contribution is -2.41. The van der Waals surface area contributed by atoms with Crippen molar-refractivity contribution in [1.29, 1.82) is 0 Å². The van der Waals surface area contributed by atoms with Crippen LogP contribution >= 0.6 is 11.6 Å². The molecule has 36 heavy (non-hydrogen) atoms. The molecule has 0 radical (unpaired) electrons. The van der Waals surface area contributed by atoms with Crippen LogP contribution in [0.4, 0.5) is 0 Å². The molecule has 7 heteroatoms. The van der Waals surface area contributed by atoms with Gasteiger partial charge in [0, 0.05) is 18.5 Å². The molecule has 0 unspecified atom stereocenters. The van der Waals surface area contributed by atoms with Gasteiger partial charge in [-0.15, -0.1) is 11.6 Å². The van der Waals surface area contributed by atoms with Gasteiger partial charge in [-0.25, -0.2) is 0 Å². The summed E-state index contributed by atoms with van der Waals surface area (Å²) in [7, 11) is 0. The molecule has 0 saturated carbocycles. The molecule has 0 fully saturated rings. The van der Waals surface area contributed by atoms with Crippen molar-refractivity contribution >= 4 is 17.5 Å². The summed E-state index contributed by atoms with van der Waals surface area (Å²) in [5.74, 6) is 1.19. The number of nitrogens with two attached hydrogens (primary N) is 1. The molecule has 0 heterocycles. The van der Waals surface area contributed by atoms with Crippen molar-refractivity contribution in [2.75, 3.05) is 19.0 Å². The minimum absolute atomic E-state index is 0.0270. The van der Waals surface area contributed by atoms with E-state index < -0.39 is 18.2 Å². The van der Waals surface area contributed by atoms with Gasteiger partial charge in [-0.3, -0.25) is 4.79 Å². The molecule has 1 amide bonds. The highest BCUT2D eigenvalue weighted by molar-refractivity contribution is 6.18. The van der Waals surface area contributed by atoms with Crippen molar-refractivity contribution < 1.29 is 19.7 Å². The van der Waals surface area contributed by atoms with Gasteiger partial charge in [0.1, 0.15) is 18.5 Å². The van der Waals surface area contributed by atoms with Crippen LogP contribution in [0.3, 0.4) is 0 Å². The third-order valence-electron chi connectivity index (χ3n) is 6.85. The smallest absolute Gasteiger partial charge is 0.222 e. The summed E-state index contributed by atoms with van der Waals surface area (Å²) >= 11 is 5.75. The zero-order chi connectivity index (χ0) is 27.5. The number of hydrogen-bond acceptors (Lipinski definition) is 5. The number of alkyl halides is 1. The average Bonchev–Trinajstić information content (AvgIpc) is 2.81. The number of unbranched alkanes of at least 4 members (excludes halogenated alkanes) is 1. The van der Waals surface area contributed by atoms with Gasteiger partial charge >= 0.3 is 0 Å². The van der Waals surface area contributed by atoms with Crippen molar-refractivity contribution in [2.45, 2.75) is 104 Å². The molecule has 5 atom stereocenters. The lowest BCUT2D eigenvalue weighted by molar-refractivity contribution is -0.125. The molecule has 208 valence electrons. The molecule has 1 rings (SSSR count). The van der Waals surface area contributed by atoms with E-state index in [4.69, 9.17) is 22.1 Å². The summed E-state index contributed by atoms with van der Waals surface area (Å²) in [4.78, 5) is 12.3. The molecule has 0 aliphatic heterocycles. The number of carbonyl (C=O) groups excluding carboxylic acids is 1. The van der Waals surface area contributed by atoms with E-state index in [1.165, 1.54) is 0 Å². The van der Waals surface area contributed by atoms with E-state index in [-0.39, 0.29) is 35.6 Å². The fourth-order valence-corrected chi connectivity index (χ4v) is 4.36. The lowest BCUT2D eigenvalue weighted by atomic mass is 9.81. The van der Waals surface area contributed by atoms with E-state index in [9.17, 15) is 15.0 Å².